The van der Waals surface area contributed by atoms with Gasteiger partial charge in [-0.25, -0.2) is 0 Å². The topological polar surface area (TPSA) is 67.3 Å². The number of imide groups is 1. The first kappa shape index (κ1) is 13.5. The highest BCUT2D eigenvalue weighted by molar-refractivity contribution is 8.18. The number of hydrogen-bond donors (Lipinski definition) is 0. The lowest BCUT2D eigenvalue weighted by Crippen LogP contribution is -2.29. The van der Waals surface area contributed by atoms with Gasteiger partial charge < -0.3 is 4.79 Å². The van der Waals surface area contributed by atoms with Crippen molar-refractivity contribution in [3.8, 4) is 0 Å². The number of nitrogens with zero attached hydrogens (tertiary/aromatic N) is 2. The minimum Gasteiger partial charge on any atom is -0.301 e. The summed E-state index contributed by atoms with van der Waals surface area (Å²) in [6.07, 6.45) is 3.87. The van der Waals surface area contributed by atoms with Gasteiger partial charge in [-0.05, 0) is 35.5 Å². The second-order valence-corrected chi connectivity index (χ2v) is 5.37. The number of carbonyl (C=O) groups excluding carboxylic acids is 3. The average molecular weight is 298 g/mol. The zero-order valence-corrected chi connectivity index (χ0v) is 11.7. The predicted molar refractivity (Wildman–Crippen MR) is 80.5 cm³/mol. The van der Waals surface area contributed by atoms with Gasteiger partial charge in [0.1, 0.15) is 6.29 Å². The van der Waals surface area contributed by atoms with E-state index in [4.69, 9.17) is 0 Å². The molecule has 2 aromatic rings. The third kappa shape index (κ3) is 2.45. The number of thioether (sulfide) groups is 1. The van der Waals surface area contributed by atoms with Gasteiger partial charge >= 0.3 is 0 Å². The van der Waals surface area contributed by atoms with Crippen LogP contribution in [0.3, 0.4) is 0 Å². The van der Waals surface area contributed by atoms with E-state index in [2.05, 4.69) is 4.98 Å². The monoisotopic (exact) mass is 298 g/mol. The Labute approximate surface area is 124 Å². The highest BCUT2D eigenvalue weighted by atomic mass is 32.2. The van der Waals surface area contributed by atoms with Crippen molar-refractivity contribution in [2.75, 3.05) is 6.54 Å². The molecule has 0 N–H and O–H groups in total. The van der Waals surface area contributed by atoms with Gasteiger partial charge in [0.15, 0.2) is 0 Å². The maximum absolute atomic E-state index is 12.1. The first-order valence-electron chi connectivity index (χ1n) is 6.23. The van der Waals surface area contributed by atoms with E-state index in [1.807, 2.05) is 24.3 Å². The van der Waals surface area contributed by atoms with Crippen molar-refractivity contribution >= 4 is 46.2 Å². The van der Waals surface area contributed by atoms with E-state index >= 15 is 0 Å². The second-order valence-electron chi connectivity index (χ2n) is 4.38. The molecular formula is C15H10N2O3S. The van der Waals surface area contributed by atoms with E-state index in [9.17, 15) is 14.4 Å². The van der Waals surface area contributed by atoms with Gasteiger partial charge in [0.2, 0.25) is 0 Å². The van der Waals surface area contributed by atoms with Crippen molar-refractivity contribution in [1.29, 1.82) is 0 Å². The SMILES string of the molecule is O=CCN1C(=O)S/C(=C\c2ccnc3ccccc23)C1=O. The second kappa shape index (κ2) is 5.49. The fourth-order valence-corrected chi connectivity index (χ4v) is 2.96. The van der Waals surface area contributed by atoms with Crippen molar-refractivity contribution in [2.45, 2.75) is 0 Å². The van der Waals surface area contributed by atoms with Crippen LogP contribution in [-0.2, 0) is 9.59 Å². The first-order valence-corrected chi connectivity index (χ1v) is 7.05. The number of para-hydroxylation sites is 1. The molecule has 104 valence electrons. The molecule has 21 heavy (non-hydrogen) atoms. The molecule has 0 spiro atoms. The van der Waals surface area contributed by atoms with Crippen LogP contribution in [0.2, 0.25) is 0 Å². The molecule has 6 heteroatoms. The van der Waals surface area contributed by atoms with Gasteiger partial charge in [-0.3, -0.25) is 19.5 Å². The van der Waals surface area contributed by atoms with E-state index in [0.29, 0.717) is 11.2 Å². The van der Waals surface area contributed by atoms with Crippen LogP contribution in [0.1, 0.15) is 5.56 Å². The molecule has 3 rings (SSSR count). The molecule has 1 aromatic heterocycles. The largest absolute Gasteiger partial charge is 0.301 e. The minimum absolute atomic E-state index is 0.209. The summed E-state index contributed by atoms with van der Waals surface area (Å²) >= 11 is 0.844. The standard InChI is InChI=1S/C15H10N2O3S/c18-8-7-17-14(19)13(21-15(17)20)9-10-5-6-16-12-4-2-1-3-11(10)12/h1-6,8-9H,7H2/b13-9-. The molecular weight excluding hydrogens is 288 g/mol. The summed E-state index contributed by atoms with van der Waals surface area (Å²) in [6.45, 7) is -0.209. The van der Waals surface area contributed by atoms with Crippen molar-refractivity contribution in [1.82, 2.24) is 9.88 Å². The van der Waals surface area contributed by atoms with Crippen LogP contribution in [0, 0.1) is 0 Å². The Bertz CT molecular complexity index is 780. The van der Waals surface area contributed by atoms with E-state index in [1.165, 1.54) is 0 Å². The predicted octanol–water partition coefficient (Wildman–Crippen LogP) is 2.47. The van der Waals surface area contributed by atoms with Crippen LogP contribution in [0.15, 0.2) is 41.4 Å². The van der Waals surface area contributed by atoms with Crippen molar-refractivity contribution in [2.24, 2.45) is 0 Å². The molecule has 0 aliphatic carbocycles. The minimum atomic E-state index is -0.432. The number of aldehydes is 1. The van der Waals surface area contributed by atoms with Crippen molar-refractivity contribution in [3.63, 3.8) is 0 Å². The quantitative estimate of drug-likeness (QED) is 0.643. The molecule has 0 unspecified atom stereocenters. The Morgan fingerprint density at radius 3 is 2.81 bits per heavy atom. The Morgan fingerprint density at radius 2 is 2.00 bits per heavy atom. The maximum Gasteiger partial charge on any atom is 0.293 e. The molecule has 0 bridgehead atoms. The summed E-state index contributed by atoms with van der Waals surface area (Å²) < 4.78 is 0. The molecule has 5 nitrogen and oxygen atoms in total. The fraction of sp³-hybridized carbons (Fsp3) is 0.0667. The molecule has 1 aromatic carbocycles. The lowest BCUT2D eigenvalue weighted by molar-refractivity contribution is -0.125. The number of carbonyl (C=O) groups is 3. The van der Waals surface area contributed by atoms with Gasteiger partial charge in [0.25, 0.3) is 11.1 Å². The summed E-state index contributed by atoms with van der Waals surface area (Å²) in [4.78, 5) is 39.8. The highest BCUT2D eigenvalue weighted by Gasteiger charge is 2.34. The summed E-state index contributed by atoms with van der Waals surface area (Å²) in [7, 11) is 0. The number of rotatable bonds is 3. The van der Waals surface area contributed by atoms with Crippen LogP contribution in [0.25, 0.3) is 17.0 Å². The Morgan fingerprint density at radius 1 is 1.19 bits per heavy atom. The Hall–Kier alpha value is -2.47. The van der Waals surface area contributed by atoms with Crippen molar-refractivity contribution < 1.29 is 14.4 Å². The highest BCUT2D eigenvalue weighted by Crippen LogP contribution is 2.32. The molecule has 2 amide bonds. The maximum atomic E-state index is 12.1. The van der Waals surface area contributed by atoms with Gasteiger partial charge in [-0.15, -0.1) is 0 Å². The average Bonchev–Trinajstić information content (AvgIpc) is 2.76. The first-order chi connectivity index (χ1) is 10.2. The molecule has 0 saturated carbocycles. The molecule has 2 heterocycles. The third-order valence-electron chi connectivity index (χ3n) is 3.10. The number of amides is 2. The third-order valence-corrected chi connectivity index (χ3v) is 4.01. The summed E-state index contributed by atoms with van der Waals surface area (Å²) in [6, 6.07) is 9.35. The molecule has 1 aliphatic heterocycles. The van der Waals surface area contributed by atoms with E-state index < -0.39 is 11.1 Å². The number of hydrogen-bond acceptors (Lipinski definition) is 5. The number of pyridine rings is 1. The van der Waals surface area contributed by atoms with Crippen LogP contribution in [-0.4, -0.2) is 33.9 Å². The van der Waals surface area contributed by atoms with Gasteiger partial charge in [0.05, 0.1) is 17.0 Å². The van der Waals surface area contributed by atoms with E-state index in [0.717, 1.165) is 33.1 Å². The smallest absolute Gasteiger partial charge is 0.293 e. The van der Waals surface area contributed by atoms with E-state index in [-0.39, 0.29) is 6.54 Å². The molecule has 1 aliphatic rings. The number of aromatic nitrogens is 1. The summed E-state index contributed by atoms with van der Waals surface area (Å²) in [5.41, 5.74) is 1.63. The van der Waals surface area contributed by atoms with E-state index in [1.54, 1.807) is 18.3 Å². The lowest BCUT2D eigenvalue weighted by Gasteiger charge is -2.06. The van der Waals surface area contributed by atoms with Crippen molar-refractivity contribution in [3.05, 3.63) is 47.0 Å². The lowest BCUT2D eigenvalue weighted by atomic mass is 10.1. The Kier molecular flexibility index (Phi) is 3.53. The zero-order chi connectivity index (χ0) is 14.8. The number of benzene rings is 1. The molecule has 1 fully saturated rings. The van der Waals surface area contributed by atoms with Crippen LogP contribution >= 0.6 is 11.8 Å². The van der Waals surface area contributed by atoms with Gasteiger partial charge in [-0.1, -0.05) is 18.2 Å². The van der Waals surface area contributed by atoms with Crippen LogP contribution in [0.4, 0.5) is 4.79 Å². The zero-order valence-electron chi connectivity index (χ0n) is 10.9. The van der Waals surface area contributed by atoms with Gasteiger partial charge in [-0.2, -0.15) is 0 Å². The number of fused-ring (bicyclic) bond motifs is 1. The normalized spacial score (nSPS) is 17.0. The molecule has 0 radical (unpaired) electrons. The fourth-order valence-electron chi connectivity index (χ4n) is 2.12. The summed E-state index contributed by atoms with van der Waals surface area (Å²) in [5, 5.41) is 0.485. The summed E-state index contributed by atoms with van der Waals surface area (Å²) in [5.74, 6) is -0.432. The van der Waals surface area contributed by atoms with Crippen LogP contribution < -0.4 is 0 Å². The Balaban J connectivity index is 2.03. The molecule has 1 saturated heterocycles. The van der Waals surface area contributed by atoms with Crippen LogP contribution in [0.5, 0.6) is 0 Å². The van der Waals surface area contributed by atoms with Gasteiger partial charge in [0, 0.05) is 11.6 Å². The molecule has 0 atom stereocenters.